The van der Waals surface area contributed by atoms with E-state index in [1.165, 1.54) is 0 Å². The maximum atomic E-state index is 11.5. The van der Waals surface area contributed by atoms with Crippen molar-refractivity contribution in [1.29, 1.82) is 0 Å². The largest absolute Gasteiger partial charge is 0.357 e. The van der Waals surface area contributed by atoms with E-state index in [2.05, 4.69) is 20.3 Å². The summed E-state index contributed by atoms with van der Waals surface area (Å²) in [6.07, 6.45) is 1.66. The Morgan fingerprint density at radius 3 is 2.45 bits per heavy atom. The summed E-state index contributed by atoms with van der Waals surface area (Å²) in [5.41, 5.74) is -0.725. The lowest BCUT2D eigenvalue weighted by atomic mass is 10.1. The van der Waals surface area contributed by atoms with Crippen LogP contribution in [0.3, 0.4) is 0 Å². The fraction of sp³-hybridized carbons (Fsp3) is 0.917. The molecule has 0 aromatic rings. The number of nitrogens with one attached hydrogen (secondary N) is 3. The van der Waals surface area contributed by atoms with Gasteiger partial charge in [0, 0.05) is 18.1 Å². The van der Waals surface area contributed by atoms with Gasteiger partial charge in [0.05, 0.1) is 24.3 Å². The van der Waals surface area contributed by atoms with E-state index in [-0.39, 0.29) is 24.1 Å². The van der Waals surface area contributed by atoms with Crippen molar-refractivity contribution in [3.63, 3.8) is 0 Å². The summed E-state index contributed by atoms with van der Waals surface area (Å²) in [7, 11) is -6.28. The van der Waals surface area contributed by atoms with Crippen LogP contribution in [0, 0.1) is 0 Å². The zero-order chi connectivity index (χ0) is 17.0. The van der Waals surface area contributed by atoms with E-state index in [1.807, 2.05) is 6.92 Å². The summed E-state index contributed by atoms with van der Waals surface area (Å²) in [6, 6.07) is -0.159. The minimum absolute atomic E-state index is 0.0996. The first-order valence-electron chi connectivity index (χ1n) is 7.17. The normalized spacial score (nSPS) is 22.5. The molecule has 10 heteroatoms. The molecule has 1 atom stereocenters. The smallest absolute Gasteiger partial charge is 0.209 e. The summed E-state index contributed by atoms with van der Waals surface area (Å²) in [5.74, 6) is 0.779. The number of sulfone groups is 1. The van der Waals surface area contributed by atoms with E-state index < -0.39 is 25.4 Å². The molecular weight excluding hydrogens is 328 g/mol. The Labute approximate surface area is 133 Å². The average molecular weight is 354 g/mol. The predicted molar refractivity (Wildman–Crippen MR) is 88.2 cm³/mol. The Kier molecular flexibility index (Phi) is 6.22. The number of aliphatic imine (C=N–C) groups is 1. The molecule has 130 valence electrons. The van der Waals surface area contributed by atoms with Crippen LogP contribution in [0.2, 0.25) is 0 Å². The lowest BCUT2D eigenvalue weighted by molar-refractivity contribution is 0.464. The molecule has 0 bridgehead atoms. The molecular formula is C12H26N4O4S2. The highest BCUT2D eigenvalue weighted by Crippen LogP contribution is 2.11. The van der Waals surface area contributed by atoms with E-state index in [0.717, 1.165) is 6.26 Å². The van der Waals surface area contributed by atoms with Gasteiger partial charge in [0.25, 0.3) is 0 Å². The van der Waals surface area contributed by atoms with Crippen LogP contribution < -0.4 is 15.4 Å². The Hall–Kier alpha value is -0.870. The van der Waals surface area contributed by atoms with Gasteiger partial charge in [-0.3, -0.25) is 4.99 Å². The zero-order valence-corrected chi connectivity index (χ0v) is 15.1. The number of hydrogen-bond donors (Lipinski definition) is 3. The summed E-state index contributed by atoms with van der Waals surface area (Å²) in [4.78, 5) is 4.35. The molecule has 0 saturated carbocycles. The summed E-state index contributed by atoms with van der Waals surface area (Å²) in [6.45, 7) is 6.24. The number of hydrogen-bond acceptors (Lipinski definition) is 5. The molecule has 0 spiro atoms. The summed E-state index contributed by atoms with van der Waals surface area (Å²) >= 11 is 0. The van der Waals surface area contributed by atoms with Crippen molar-refractivity contribution >= 4 is 25.8 Å². The summed E-state index contributed by atoms with van der Waals surface area (Å²) < 4.78 is 48.1. The van der Waals surface area contributed by atoms with Crippen molar-refractivity contribution in [1.82, 2.24) is 15.4 Å². The van der Waals surface area contributed by atoms with Crippen LogP contribution in [0.1, 0.15) is 27.2 Å². The average Bonchev–Trinajstić information content (AvgIpc) is 2.63. The Bertz CT molecular complexity index is 611. The molecule has 0 aliphatic carbocycles. The van der Waals surface area contributed by atoms with Crippen molar-refractivity contribution in [3.05, 3.63) is 0 Å². The second-order valence-corrected chi connectivity index (χ2v) is 10.2. The van der Waals surface area contributed by atoms with Crippen LogP contribution in [0.4, 0.5) is 0 Å². The lowest BCUT2D eigenvalue weighted by Gasteiger charge is -2.24. The molecule has 22 heavy (non-hydrogen) atoms. The quantitative estimate of drug-likeness (QED) is 0.418. The first kappa shape index (κ1) is 19.2. The third-order valence-corrected chi connectivity index (χ3v) is 5.70. The second kappa shape index (κ2) is 7.14. The van der Waals surface area contributed by atoms with Gasteiger partial charge < -0.3 is 10.6 Å². The van der Waals surface area contributed by atoms with Gasteiger partial charge in [-0.2, -0.15) is 0 Å². The van der Waals surface area contributed by atoms with Crippen LogP contribution in [0.15, 0.2) is 4.99 Å². The molecule has 1 fully saturated rings. The lowest BCUT2D eigenvalue weighted by Crippen LogP contribution is -2.48. The molecule has 0 aromatic heterocycles. The van der Waals surface area contributed by atoms with Gasteiger partial charge >= 0.3 is 0 Å². The molecule has 1 rings (SSSR count). The van der Waals surface area contributed by atoms with E-state index in [4.69, 9.17) is 0 Å². The molecule has 1 aliphatic rings. The van der Waals surface area contributed by atoms with Crippen LogP contribution in [-0.2, 0) is 19.9 Å². The molecule has 0 radical (unpaired) electrons. The van der Waals surface area contributed by atoms with Gasteiger partial charge in [-0.1, -0.05) is 0 Å². The van der Waals surface area contributed by atoms with E-state index in [1.54, 1.807) is 13.8 Å². The third-order valence-electron chi connectivity index (χ3n) is 3.01. The molecule has 3 N–H and O–H groups in total. The standard InChI is InChI=1S/C12H26N4O4S2/c1-5-13-11(15-10-6-7-22(19,20)8-10)14-9-12(2,3)16-21(4,17)18/h10,16H,5-9H2,1-4H3,(H2,13,14,15). The Morgan fingerprint density at radius 2 is 2.00 bits per heavy atom. The van der Waals surface area contributed by atoms with Crippen molar-refractivity contribution in [3.8, 4) is 0 Å². The Morgan fingerprint density at radius 1 is 1.36 bits per heavy atom. The first-order valence-corrected chi connectivity index (χ1v) is 10.9. The van der Waals surface area contributed by atoms with Crippen LogP contribution >= 0.6 is 0 Å². The van der Waals surface area contributed by atoms with Gasteiger partial charge in [-0.15, -0.1) is 0 Å². The first-order chi connectivity index (χ1) is 9.92. The van der Waals surface area contributed by atoms with Gasteiger partial charge in [0.2, 0.25) is 10.0 Å². The fourth-order valence-corrected chi connectivity index (χ4v) is 4.97. The topological polar surface area (TPSA) is 117 Å². The highest BCUT2D eigenvalue weighted by atomic mass is 32.2. The molecule has 1 heterocycles. The maximum absolute atomic E-state index is 11.5. The Balaban J connectivity index is 2.70. The van der Waals surface area contributed by atoms with Crippen LogP contribution in [0.25, 0.3) is 0 Å². The molecule has 1 unspecified atom stereocenters. The van der Waals surface area contributed by atoms with Crippen molar-refractivity contribution in [2.45, 2.75) is 38.8 Å². The third kappa shape index (κ3) is 7.41. The van der Waals surface area contributed by atoms with E-state index >= 15 is 0 Å². The molecule has 8 nitrogen and oxygen atoms in total. The molecule has 1 aliphatic heterocycles. The van der Waals surface area contributed by atoms with E-state index in [9.17, 15) is 16.8 Å². The number of nitrogens with zero attached hydrogens (tertiary/aromatic N) is 1. The fourth-order valence-electron chi connectivity index (χ4n) is 2.23. The number of guanidine groups is 1. The van der Waals surface area contributed by atoms with Gasteiger partial charge in [-0.25, -0.2) is 21.6 Å². The monoisotopic (exact) mass is 354 g/mol. The summed E-state index contributed by atoms with van der Waals surface area (Å²) in [5, 5.41) is 6.13. The highest BCUT2D eigenvalue weighted by Gasteiger charge is 2.28. The minimum atomic E-state index is -3.32. The maximum Gasteiger partial charge on any atom is 0.209 e. The van der Waals surface area contributed by atoms with Gasteiger partial charge in [0.15, 0.2) is 15.8 Å². The van der Waals surface area contributed by atoms with Crippen molar-refractivity contribution in [2.24, 2.45) is 4.99 Å². The molecule has 1 saturated heterocycles. The van der Waals surface area contributed by atoms with E-state index in [0.29, 0.717) is 18.9 Å². The van der Waals surface area contributed by atoms with Crippen LogP contribution in [-0.4, -0.2) is 65.2 Å². The second-order valence-electron chi connectivity index (χ2n) is 6.20. The molecule has 0 aromatic carbocycles. The minimum Gasteiger partial charge on any atom is -0.357 e. The predicted octanol–water partition coefficient (Wildman–Crippen LogP) is -0.944. The van der Waals surface area contributed by atoms with Gasteiger partial charge in [0.1, 0.15) is 0 Å². The van der Waals surface area contributed by atoms with Crippen molar-refractivity contribution in [2.75, 3.05) is 30.9 Å². The molecule has 0 amide bonds. The highest BCUT2D eigenvalue weighted by molar-refractivity contribution is 7.91. The van der Waals surface area contributed by atoms with Crippen molar-refractivity contribution < 1.29 is 16.8 Å². The SMILES string of the molecule is CCNC(=NCC(C)(C)NS(C)(=O)=O)NC1CCS(=O)(=O)C1. The van der Waals surface area contributed by atoms with Crippen LogP contribution in [0.5, 0.6) is 0 Å². The van der Waals surface area contributed by atoms with Gasteiger partial charge in [-0.05, 0) is 27.2 Å². The number of rotatable bonds is 6. The zero-order valence-electron chi connectivity index (χ0n) is 13.5. The number of sulfonamides is 1.